The first-order valence-electron chi connectivity index (χ1n) is 5.53. The summed E-state index contributed by atoms with van der Waals surface area (Å²) in [5.41, 5.74) is 0. The summed E-state index contributed by atoms with van der Waals surface area (Å²) in [6, 6.07) is -0.163. The maximum atomic E-state index is 11.5. The Hall–Kier alpha value is -1.08. The number of nitrogens with one attached hydrogen (secondary N) is 1. The molecule has 0 spiro atoms. The number of halogens is 1. The highest BCUT2D eigenvalue weighted by atomic mass is 35.5. The van der Waals surface area contributed by atoms with Crippen LogP contribution in [-0.4, -0.2) is 43.0 Å². The molecular formula is C10H14ClN3O3S. The van der Waals surface area contributed by atoms with Crippen molar-refractivity contribution in [2.75, 3.05) is 23.9 Å². The Morgan fingerprint density at radius 3 is 2.94 bits per heavy atom. The van der Waals surface area contributed by atoms with Crippen LogP contribution in [0.1, 0.15) is 12.8 Å². The van der Waals surface area contributed by atoms with Crippen LogP contribution in [0, 0.1) is 0 Å². The molecule has 0 saturated carbocycles. The molecule has 1 aromatic rings. The van der Waals surface area contributed by atoms with Gasteiger partial charge in [-0.15, -0.1) is 0 Å². The van der Waals surface area contributed by atoms with Gasteiger partial charge in [-0.25, -0.2) is 18.4 Å². The van der Waals surface area contributed by atoms with Crippen LogP contribution in [0.4, 0.5) is 5.82 Å². The van der Waals surface area contributed by atoms with Gasteiger partial charge < -0.3 is 10.1 Å². The van der Waals surface area contributed by atoms with Gasteiger partial charge in [-0.2, -0.15) is 0 Å². The summed E-state index contributed by atoms with van der Waals surface area (Å²) in [7, 11) is -1.50. The zero-order chi connectivity index (χ0) is 13.2. The summed E-state index contributed by atoms with van der Waals surface area (Å²) >= 11 is 5.87. The SMILES string of the molecule is COc1c(Cl)ncnc1NC1CCCS(=O)(=O)C1. The lowest BCUT2D eigenvalue weighted by molar-refractivity contribution is 0.412. The molecule has 100 valence electrons. The minimum Gasteiger partial charge on any atom is -0.490 e. The third-order valence-electron chi connectivity index (χ3n) is 2.77. The number of hydrogen-bond acceptors (Lipinski definition) is 6. The molecule has 2 heterocycles. The molecule has 1 fully saturated rings. The van der Waals surface area contributed by atoms with Gasteiger partial charge in [0.2, 0.25) is 0 Å². The largest absolute Gasteiger partial charge is 0.490 e. The molecular weight excluding hydrogens is 278 g/mol. The molecule has 1 aromatic heterocycles. The summed E-state index contributed by atoms with van der Waals surface area (Å²) in [5, 5.41) is 3.26. The Morgan fingerprint density at radius 2 is 2.28 bits per heavy atom. The van der Waals surface area contributed by atoms with Crippen LogP contribution >= 0.6 is 11.6 Å². The van der Waals surface area contributed by atoms with E-state index in [4.69, 9.17) is 16.3 Å². The molecule has 1 N–H and O–H groups in total. The maximum Gasteiger partial charge on any atom is 0.198 e. The third kappa shape index (κ3) is 3.02. The lowest BCUT2D eigenvalue weighted by atomic mass is 10.2. The van der Waals surface area contributed by atoms with Gasteiger partial charge in [0.25, 0.3) is 0 Å². The summed E-state index contributed by atoms with van der Waals surface area (Å²) in [4.78, 5) is 7.83. The number of nitrogens with zero attached hydrogens (tertiary/aromatic N) is 2. The van der Waals surface area contributed by atoms with Crippen molar-refractivity contribution in [3.8, 4) is 5.75 Å². The van der Waals surface area contributed by atoms with Gasteiger partial charge >= 0.3 is 0 Å². The highest BCUT2D eigenvalue weighted by Gasteiger charge is 2.26. The van der Waals surface area contributed by atoms with Crippen molar-refractivity contribution in [2.24, 2.45) is 0 Å². The van der Waals surface area contributed by atoms with Crippen molar-refractivity contribution >= 4 is 27.3 Å². The number of rotatable bonds is 3. The fraction of sp³-hybridized carbons (Fsp3) is 0.600. The van der Waals surface area contributed by atoms with E-state index in [1.807, 2.05) is 0 Å². The maximum absolute atomic E-state index is 11.5. The molecule has 0 radical (unpaired) electrons. The molecule has 0 amide bonds. The van der Waals surface area contributed by atoms with Gasteiger partial charge in [-0.1, -0.05) is 11.6 Å². The molecule has 1 unspecified atom stereocenters. The van der Waals surface area contributed by atoms with Crippen LogP contribution in [0.15, 0.2) is 6.33 Å². The standard InChI is InChI=1S/C10H14ClN3O3S/c1-17-8-9(11)12-6-13-10(8)14-7-3-2-4-18(15,16)5-7/h6-7H,2-5H2,1H3,(H,12,13,14). The molecule has 1 aliphatic heterocycles. The van der Waals surface area contributed by atoms with E-state index in [1.165, 1.54) is 13.4 Å². The van der Waals surface area contributed by atoms with Crippen LogP contribution in [-0.2, 0) is 9.84 Å². The number of anilines is 1. The predicted molar refractivity (Wildman–Crippen MR) is 68.9 cm³/mol. The minimum atomic E-state index is -2.96. The van der Waals surface area contributed by atoms with E-state index >= 15 is 0 Å². The highest BCUT2D eigenvalue weighted by molar-refractivity contribution is 7.91. The van der Waals surface area contributed by atoms with E-state index in [1.54, 1.807) is 0 Å². The van der Waals surface area contributed by atoms with E-state index in [9.17, 15) is 8.42 Å². The van der Waals surface area contributed by atoms with Gasteiger partial charge in [-0.05, 0) is 12.8 Å². The lowest BCUT2D eigenvalue weighted by Crippen LogP contribution is -2.35. The third-order valence-corrected chi connectivity index (χ3v) is 4.86. The zero-order valence-corrected chi connectivity index (χ0v) is 11.5. The molecule has 0 bridgehead atoms. The van der Waals surface area contributed by atoms with E-state index in [0.717, 1.165) is 6.42 Å². The molecule has 1 saturated heterocycles. The van der Waals surface area contributed by atoms with Crippen molar-refractivity contribution in [1.29, 1.82) is 0 Å². The lowest BCUT2D eigenvalue weighted by Gasteiger charge is -2.24. The summed E-state index contributed by atoms with van der Waals surface area (Å²) in [6.45, 7) is 0. The molecule has 2 rings (SSSR count). The van der Waals surface area contributed by atoms with Crippen molar-refractivity contribution in [2.45, 2.75) is 18.9 Å². The Morgan fingerprint density at radius 1 is 1.50 bits per heavy atom. The second-order valence-electron chi connectivity index (χ2n) is 4.14. The van der Waals surface area contributed by atoms with Gasteiger partial charge in [0, 0.05) is 6.04 Å². The second kappa shape index (κ2) is 5.27. The molecule has 1 atom stereocenters. The molecule has 0 aliphatic carbocycles. The van der Waals surface area contributed by atoms with Crippen molar-refractivity contribution in [1.82, 2.24) is 9.97 Å². The molecule has 6 nitrogen and oxygen atoms in total. The number of hydrogen-bond donors (Lipinski definition) is 1. The topological polar surface area (TPSA) is 81.2 Å². The zero-order valence-electron chi connectivity index (χ0n) is 9.89. The average Bonchev–Trinajstić information content (AvgIpc) is 2.28. The quantitative estimate of drug-likeness (QED) is 0.841. The Bertz CT molecular complexity index is 535. The van der Waals surface area contributed by atoms with Crippen LogP contribution < -0.4 is 10.1 Å². The molecule has 8 heteroatoms. The van der Waals surface area contributed by atoms with Gasteiger partial charge in [0.05, 0.1) is 18.6 Å². The minimum absolute atomic E-state index is 0.109. The van der Waals surface area contributed by atoms with Crippen LogP contribution in [0.2, 0.25) is 5.15 Å². The monoisotopic (exact) mass is 291 g/mol. The highest BCUT2D eigenvalue weighted by Crippen LogP contribution is 2.29. The predicted octanol–water partition coefficient (Wildman–Crippen LogP) is 1.13. The van der Waals surface area contributed by atoms with E-state index in [-0.39, 0.29) is 22.7 Å². The fourth-order valence-corrected chi connectivity index (χ4v) is 3.81. The summed E-state index contributed by atoms with van der Waals surface area (Å²) in [6.07, 6.45) is 2.75. The van der Waals surface area contributed by atoms with E-state index < -0.39 is 9.84 Å². The van der Waals surface area contributed by atoms with Crippen LogP contribution in [0.5, 0.6) is 5.75 Å². The number of aromatic nitrogens is 2. The second-order valence-corrected chi connectivity index (χ2v) is 6.73. The van der Waals surface area contributed by atoms with Gasteiger partial charge in [-0.3, -0.25) is 0 Å². The van der Waals surface area contributed by atoms with Crippen LogP contribution in [0.25, 0.3) is 0 Å². The summed E-state index contributed by atoms with van der Waals surface area (Å²) < 4.78 is 28.2. The number of ether oxygens (including phenoxy) is 1. The first-order valence-corrected chi connectivity index (χ1v) is 7.73. The number of sulfone groups is 1. The Labute approximate surface area is 111 Å². The van der Waals surface area contributed by atoms with E-state index in [0.29, 0.717) is 18.0 Å². The van der Waals surface area contributed by atoms with Crippen molar-refractivity contribution in [3.05, 3.63) is 11.5 Å². The first-order chi connectivity index (χ1) is 8.52. The number of methoxy groups -OCH3 is 1. The molecule has 0 aromatic carbocycles. The average molecular weight is 292 g/mol. The van der Waals surface area contributed by atoms with Crippen molar-refractivity contribution < 1.29 is 13.2 Å². The van der Waals surface area contributed by atoms with Crippen LogP contribution in [0.3, 0.4) is 0 Å². The van der Waals surface area contributed by atoms with Gasteiger partial charge in [0.15, 0.2) is 26.6 Å². The Kier molecular flexibility index (Phi) is 3.91. The Balaban J connectivity index is 2.17. The summed E-state index contributed by atoms with van der Waals surface area (Å²) in [5.74, 6) is 1.13. The first kappa shape index (κ1) is 13.4. The van der Waals surface area contributed by atoms with E-state index in [2.05, 4.69) is 15.3 Å². The smallest absolute Gasteiger partial charge is 0.198 e. The van der Waals surface area contributed by atoms with Gasteiger partial charge in [0.1, 0.15) is 6.33 Å². The molecule has 1 aliphatic rings. The normalized spacial score (nSPS) is 22.4. The molecule has 18 heavy (non-hydrogen) atoms. The fourth-order valence-electron chi connectivity index (χ4n) is 1.97. The van der Waals surface area contributed by atoms with Crippen molar-refractivity contribution in [3.63, 3.8) is 0 Å².